The van der Waals surface area contributed by atoms with E-state index in [9.17, 15) is 9.90 Å². The van der Waals surface area contributed by atoms with Crippen molar-refractivity contribution in [2.75, 3.05) is 25.0 Å². The maximum Gasteiger partial charge on any atom is 0.238 e. The first-order valence-electron chi connectivity index (χ1n) is 6.50. The molecule has 1 aromatic carbocycles. The fourth-order valence-electron chi connectivity index (χ4n) is 2.20. The van der Waals surface area contributed by atoms with Crippen molar-refractivity contribution >= 4 is 34.8 Å². The van der Waals surface area contributed by atoms with E-state index in [2.05, 4.69) is 5.32 Å². The van der Waals surface area contributed by atoms with Crippen LogP contribution in [0.15, 0.2) is 18.2 Å². The normalized spacial score (nSPS) is 17.9. The van der Waals surface area contributed by atoms with E-state index in [-0.39, 0.29) is 18.4 Å². The van der Waals surface area contributed by atoms with Gasteiger partial charge >= 0.3 is 0 Å². The molecule has 110 valence electrons. The van der Waals surface area contributed by atoms with Gasteiger partial charge in [0.15, 0.2) is 0 Å². The molecule has 2 N–H and O–H groups in total. The number of para-hydroxylation sites is 1. The smallest absolute Gasteiger partial charge is 0.238 e. The number of β-amino-alcohol motifs (C(OH)–C–C–N with tert-alkyl or cyclic N) is 1. The highest BCUT2D eigenvalue weighted by atomic mass is 35.5. The van der Waals surface area contributed by atoms with Crippen LogP contribution in [0.4, 0.5) is 5.69 Å². The summed E-state index contributed by atoms with van der Waals surface area (Å²) in [4.78, 5) is 13.8. The van der Waals surface area contributed by atoms with Crippen molar-refractivity contribution in [2.24, 2.45) is 5.92 Å². The number of halogens is 2. The minimum Gasteiger partial charge on any atom is -0.387 e. The number of aliphatic hydroxyl groups is 1. The van der Waals surface area contributed by atoms with Gasteiger partial charge in [0.25, 0.3) is 0 Å². The molecule has 4 nitrogen and oxygen atoms in total. The van der Waals surface area contributed by atoms with Gasteiger partial charge in [-0.25, -0.2) is 0 Å². The van der Waals surface area contributed by atoms with E-state index in [1.54, 1.807) is 18.2 Å². The van der Waals surface area contributed by atoms with Crippen LogP contribution in [0.1, 0.15) is 13.8 Å². The predicted octanol–water partition coefficient (Wildman–Crippen LogP) is 2.63. The molecule has 0 saturated carbocycles. The molecule has 1 saturated heterocycles. The quantitative estimate of drug-likeness (QED) is 0.897. The Labute approximate surface area is 128 Å². The number of nitrogens with zero attached hydrogens (tertiary/aromatic N) is 1. The molecule has 1 amide bonds. The Morgan fingerprint density at radius 2 is 1.95 bits per heavy atom. The summed E-state index contributed by atoms with van der Waals surface area (Å²) in [5, 5.41) is 13.7. The Hall–Kier alpha value is -0.810. The standard InChI is InChI=1S/C14H18Cl2N2O2/c1-9(2)14(20)7-18(8-14)6-12(19)17-13-10(15)4-3-5-11(13)16/h3-5,9,20H,6-8H2,1-2H3,(H,17,19). The van der Waals surface area contributed by atoms with Crippen LogP contribution in [0.3, 0.4) is 0 Å². The summed E-state index contributed by atoms with van der Waals surface area (Å²) in [6, 6.07) is 5.06. The number of anilines is 1. The van der Waals surface area contributed by atoms with Crippen molar-refractivity contribution < 1.29 is 9.90 Å². The molecule has 20 heavy (non-hydrogen) atoms. The molecular formula is C14H18Cl2N2O2. The van der Waals surface area contributed by atoms with Crippen LogP contribution < -0.4 is 5.32 Å². The fraction of sp³-hybridized carbons (Fsp3) is 0.500. The molecule has 0 radical (unpaired) electrons. The van der Waals surface area contributed by atoms with E-state index in [0.717, 1.165) is 0 Å². The molecule has 1 fully saturated rings. The van der Waals surface area contributed by atoms with Crippen molar-refractivity contribution in [3.8, 4) is 0 Å². The third-order valence-electron chi connectivity index (χ3n) is 3.66. The molecule has 0 spiro atoms. The second-order valence-corrected chi connectivity index (χ2v) is 6.36. The second-order valence-electron chi connectivity index (χ2n) is 5.55. The minimum atomic E-state index is -0.678. The average molecular weight is 317 g/mol. The summed E-state index contributed by atoms with van der Waals surface area (Å²) in [6.45, 7) is 5.18. The van der Waals surface area contributed by atoms with Gasteiger partial charge in [-0.1, -0.05) is 43.1 Å². The molecule has 0 bridgehead atoms. The Morgan fingerprint density at radius 1 is 1.40 bits per heavy atom. The summed E-state index contributed by atoms with van der Waals surface area (Å²) in [5.74, 6) is -0.00868. The van der Waals surface area contributed by atoms with Crippen LogP contribution in [0, 0.1) is 5.92 Å². The number of carbonyl (C=O) groups is 1. The number of likely N-dealkylation sites (tertiary alicyclic amines) is 1. The van der Waals surface area contributed by atoms with Crippen molar-refractivity contribution in [1.82, 2.24) is 4.90 Å². The summed E-state index contributed by atoms with van der Waals surface area (Å²) in [6.07, 6.45) is 0. The number of hydrogen-bond donors (Lipinski definition) is 2. The molecular weight excluding hydrogens is 299 g/mol. The number of carbonyl (C=O) groups excluding carboxylic acids is 1. The van der Waals surface area contributed by atoms with Gasteiger partial charge in [-0.05, 0) is 18.1 Å². The van der Waals surface area contributed by atoms with E-state index in [1.807, 2.05) is 18.7 Å². The number of nitrogens with one attached hydrogen (secondary N) is 1. The third-order valence-corrected chi connectivity index (χ3v) is 4.29. The lowest BCUT2D eigenvalue weighted by Gasteiger charge is -2.48. The molecule has 0 aromatic heterocycles. The summed E-state index contributed by atoms with van der Waals surface area (Å²) in [7, 11) is 0. The Bertz CT molecular complexity index is 494. The molecule has 1 heterocycles. The fourth-order valence-corrected chi connectivity index (χ4v) is 2.70. The summed E-state index contributed by atoms with van der Waals surface area (Å²) in [5.41, 5.74) is -0.247. The lowest BCUT2D eigenvalue weighted by Crippen LogP contribution is -2.65. The molecule has 1 aromatic rings. The van der Waals surface area contributed by atoms with Gasteiger partial charge in [0.1, 0.15) is 0 Å². The molecule has 1 aliphatic heterocycles. The Kier molecular flexibility index (Phi) is 4.59. The number of rotatable bonds is 4. The third kappa shape index (κ3) is 3.26. The van der Waals surface area contributed by atoms with Gasteiger partial charge in [-0.2, -0.15) is 0 Å². The topological polar surface area (TPSA) is 52.6 Å². The molecule has 2 rings (SSSR count). The van der Waals surface area contributed by atoms with Gasteiger partial charge in [0.05, 0.1) is 27.9 Å². The van der Waals surface area contributed by atoms with Crippen LogP contribution in [0.25, 0.3) is 0 Å². The van der Waals surface area contributed by atoms with Crippen molar-refractivity contribution in [2.45, 2.75) is 19.4 Å². The number of hydrogen-bond acceptors (Lipinski definition) is 3. The average Bonchev–Trinajstić information content (AvgIpc) is 2.31. The van der Waals surface area contributed by atoms with Crippen LogP contribution in [-0.2, 0) is 4.79 Å². The highest BCUT2D eigenvalue weighted by Gasteiger charge is 2.43. The highest BCUT2D eigenvalue weighted by Crippen LogP contribution is 2.31. The van der Waals surface area contributed by atoms with E-state index in [1.165, 1.54) is 0 Å². The lowest BCUT2D eigenvalue weighted by molar-refractivity contribution is -0.139. The first-order chi connectivity index (χ1) is 9.32. The highest BCUT2D eigenvalue weighted by molar-refractivity contribution is 6.39. The monoisotopic (exact) mass is 316 g/mol. The molecule has 1 aliphatic rings. The summed E-state index contributed by atoms with van der Waals surface area (Å²) < 4.78 is 0. The second kappa shape index (κ2) is 5.90. The lowest BCUT2D eigenvalue weighted by atomic mass is 9.83. The molecule has 0 aliphatic carbocycles. The SMILES string of the molecule is CC(C)C1(O)CN(CC(=O)Nc2c(Cl)cccc2Cl)C1. The van der Waals surface area contributed by atoms with E-state index in [4.69, 9.17) is 23.2 Å². The summed E-state index contributed by atoms with van der Waals surface area (Å²) >= 11 is 12.0. The molecule has 0 unspecified atom stereocenters. The number of benzene rings is 1. The zero-order valence-electron chi connectivity index (χ0n) is 11.5. The van der Waals surface area contributed by atoms with Crippen molar-refractivity contribution in [1.29, 1.82) is 0 Å². The minimum absolute atomic E-state index is 0.180. The van der Waals surface area contributed by atoms with Gasteiger partial charge in [0.2, 0.25) is 5.91 Å². The first-order valence-corrected chi connectivity index (χ1v) is 7.26. The predicted molar refractivity (Wildman–Crippen MR) is 81.3 cm³/mol. The zero-order valence-corrected chi connectivity index (χ0v) is 13.0. The van der Waals surface area contributed by atoms with Crippen LogP contribution in [-0.4, -0.2) is 41.1 Å². The maximum absolute atomic E-state index is 11.9. The Morgan fingerprint density at radius 3 is 2.45 bits per heavy atom. The van der Waals surface area contributed by atoms with E-state index < -0.39 is 5.60 Å². The largest absolute Gasteiger partial charge is 0.387 e. The first kappa shape index (κ1) is 15.6. The van der Waals surface area contributed by atoms with Crippen LogP contribution in [0.2, 0.25) is 10.0 Å². The van der Waals surface area contributed by atoms with Crippen molar-refractivity contribution in [3.63, 3.8) is 0 Å². The Balaban J connectivity index is 1.89. The maximum atomic E-state index is 11.9. The van der Waals surface area contributed by atoms with Gasteiger partial charge in [-0.15, -0.1) is 0 Å². The van der Waals surface area contributed by atoms with Crippen LogP contribution in [0.5, 0.6) is 0 Å². The molecule has 6 heteroatoms. The zero-order chi connectivity index (χ0) is 14.9. The van der Waals surface area contributed by atoms with Crippen LogP contribution >= 0.6 is 23.2 Å². The van der Waals surface area contributed by atoms with Gasteiger partial charge in [0, 0.05) is 13.1 Å². The van der Waals surface area contributed by atoms with Gasteiger partial charge in [-0.3, -0.25) is 9.69 Å². The molecule has 0 atom stereocenters. The van der Waals surface area contributed by atoms with E-state index in [0.29, 0.717) is 28.8 Å². The van der Waals surface area contributed by atoms with Gasteiger partial charge < -0.3 is 10.4 Å². The van der Waals surface area contributed by atoms with E-state index >= 15 is 0 Å². The van der Waals surface area contributed by atoms with Crippen molar-refractivity contribution in [3.05, 3.63) is 28.2 Å². The number of amides is 1.